The molecule has 0 aliphatic rings. The molecule has 0 radical (unpaired) electrons. The van der Waals surface area contributed by atoms with Gasteiger partial charge in [-0.1, -0.05) is 48.5 Å². The first kappa shape index (κ1) is 18.7. The summed E-state index contributed by atoms with van der Waals surface area (Å²) in [6.45, 7) is 0. The van der Waals surface area contributed by atoms with E-state index in [9.17, 15) is 10.1 Å². The molecule has 2 aromatic carbocycles. The van der Waals surface area contributed by atoms with E-state index < -0.39 is 5.56 Å². The Kier molecular flexibility index (Phi) is 5.35. The van der Waals surface area contributed by atoms with Crippen LogP contribution >= 0.6 is 0 Å². The third kappa shape index (κ3) is 4.10. The van der Waals surface area contributed by atoms with E-state index >= 15 is 0 Å². The number of hydrogen-bond donors (Lipinski definition) is 2. The first-order valence-corrected chi connectivity index (χ1v) is 9.01. The van der Waals surface area contributed by atoms with E-state index in [0.717, 1.165) is 11.1 Å². The van der Waals surface area contributed by atoms with E-state index in [4.69, 9.17) is 0 Å². The number of H-pyrrole nitrogens is 1. The number of hydrazone groups is 1. The fourth-order valence-corrected chi connectivity index (χ4v) is 2.81. The molecule has 0 atom stereocenters. The molecule has 0 fully saturated rings. The van der Waals surface area contributed by atoms with Gasteiger partial charge in [-0.3, -0.25) is 9.78 Å². The van der Waals surface area contributed by atoms with Gasteiger partial charge in [-0.05, 0) is 17.7 Å². The number of hydrogen-bond acceptors (Lipinski definition) is 7. The fraction of sp³-hybridized carbons (Fsp3) is 0. The normalized spacial score (nSPS) is 10.6. The minimum absolute atomic E-state index is 0.0497. The summed E-state index contributed by atoms with van der Waals surface area (Å²) in [5.41, 5.74) is 4.76. The van der Waals surface area contributed by atoms with Crippen molar-refractivity contribution >= 4 is 12.2 Å². The summed E-state index contributed by atoms with van der Waals surface area (Å²) < 4.78 is 0. The zero-order chi connectivity index (χ0) is 20.8. The van der Waals surface area contributed by atoms with Gasteiger partial charge >= 0.3 is 0 Å². The highest BCUT2D eigenvalue weighted by Crippen LogP contribution is 2.19. The van der Waals surface area contributed by atoms with Crippen LogP contribution in [0.25, 0.3) is 22.6 Å². The number of anilines is 1. The summed E-state index contributed by atoms with van der Waals surface area (Å²) in [5.74, 6) is 0.753. The zero-order valence-corrected chi connectivity index (χ0v) is 15.6. The number of nitriles is 1. The van der Waals surface area contributed by atoms with Crippen LogP contribution in [0.5, 0.6) is 0 Å². The lowest BCUT2D eigenvalue weighted by molar-refractivity contribution is 1.08. The van der Waals surface area contributed by atoms with Gasteiger partial charge in [0.1, 0.15) is 11.6 Å². The third-order valence-electron chi connectivity index (χ3n) is 4.17. The molecule has 30 heavy (non-hydrogen) atoms. The molecule has 8 heteroatoms. The number of aromatic amines is 1. The summed E-state index contributed by atoms with van der Waals surface area (Å²) >= 11 is 0. The Bertz CT molecular complexity index is 1290. The second-order valence-corrected chi connectivity index (χ2v) is 6.18. The molecule has 0 unspecified atom stereocenters. The summed E-state index contributed by atoms with van der Waals surface area (Å²) in [6.07, 6.45) is 4.95. The summed E-state index contributed by atoms with van der Waals surface area (Å²) in [7, 11) is 0. The van der Waals surface area contributed by atoms with Crippen LogP contribution in [0.15, 0.2) is 83.0 Å². The van der Waals surface area contributed by atoms with E-state index in [2.05, 4.69) is 30.5 Å². The maximum absolute atomic E-state index is 12.3. The Hall–Kier alpha value is -4.64. The van der Waals surface area contributed by atoms with Crippen molar-refractivity contribution in [1.29, 1.82) is 5.26 Å². The standard InChI is InChI=1S/C22H15N7O/c23-13-18-19(16-7-2-1-3-8-16)27-22(28-21(18)30)29-26-14-15-6-4-9-17(12-15)20-24-10-5-11-25-20/h1-12,14H,(H2,27,28,29,30). The Balaban J connectivity index is 1.59. The van der Waals surface area contributed by atoms with Crippen molar-refractivity contribution in [2.45, 2.75) is 0 Å². The molecule has 4 rings (SSSR count). The number of rotatable bonds is 5. The average molecular weight is 393 g/mol. The van der Waals surface area contributed by atoms with E-state index in [-0.39, 0.29) is 11.5 Å². The van der Waals surface area contributed by atoms with Crippen molar-refractivity contribution < 1.29 is 0 Å². The van der Waals surface area contributed by atoms with Crippen molar-refractivity contribution in [3.05, 3.63) is 94.5 Å². The highest BCUT2D eigenvalue weighted by atomic mass is 16.1. The van der Waals surface area contributed by atoms with Crippen molar-refractivity contribution in [1.82, 2.24) is 19.9 Å². The summed E-state index contributed by atoms with van der Waals surface area (Å²) in [5, 5.41) is 13.5. The van der Waals surface area contributed by atoms with Gasteiger partial charge < -0.3 is 0 Å². The van der Waals surface area contributed by atoms with Gasteiger partial charge in [0.2, 0.25) is 5.95 Å². The Morgan fingerprint density at radius 1 is 1.00 bits per heavy atom. The molecule has 0 saturated heterocycles. The molecule has 2 N–H and O–H groups in total. The highest BCUT2D eigenvalue weighted by Gasteiger charge is 2.12. The van der Waals surface area contributed by atoms with E-state index in [1.807, 2.05) is 48.5 Å². The lowest BCUT2D eigenvalue weighted by Gasteiger charge is -2.06. The van der Waals surface area contributed by atoms with Gasteiger partial charge in [-0.15, -0.1) is 0 Å². The molecule has 0 amide bonds. The van der Waals surface area contributed by atoms with Gasteiger partial charge in [-0.2, -0.15) is 10.4 Å². The van der Waals surface area contributed by atoms with Crippen LogP contribution in [-0.2, 0) is 0 Å². The smallest absolute Gasteiger partial charge is 0.270 e. The largest absolute Gasteiger partial charge is 0.290 e. The SMILES string of the molecule is N#Cc1c(-c2ccccc2)nc(NN=Cc2cccc(-c3ncccn3)c2)[nH]c1=O. The van der Waals surface area contributed by atoms with E-state index in [0.29, 0.717) is 17.1 Å². The topological polar surface area (TPSA) is 120 Å². The number of benzene rings is 2. The van der Waals surface area contributed by atoms with Crippen molar-refractivity contribution in [3.8, 4) is 28.7 Å². The van der Waals surface area contributed by atoms with Gasteiger partial charge in [0, 0.05) is 23.5 Å². The monoisotopic (exact) mass is 393 g/mol. The van der Waals surface area contributed by atoms with Crippen molar-refractivity contribution in [2.75, 3.05) is 5.43 Å². The Morgan fingerprint density at radius 2 is 1.77 bits per heavy atom. The van der Waals surface area contributed by atoms with Crippen LogP contribution < -0.4 is 11.0 Å². The molecule has 144 valence electrons. The summed E-state index contributed by atoms with van der Waals surface area (Å²) in [6, 6.07) is 20.3. The van der Waals surface area contributed by atoms with Crippen LogP contribution in [0.2, 0.25) is 0 Å². The second-order valence-electron chi connectivity index (χ2n) is 6.18. The van der Waals surface area contributed by atoms with Crippen LogP contribution in [0.4, 0.5) is 5.95 Å². The average Bonchev–Trinajstić information content (AvgIpc) is 2.80. The van der Waals surface area contributed by atoms with E-state index in [1.165, 1.54) is 0 Å². The first-order valence-electron chi connectivity index (χ1n) is 9.01. The Labute approximate surface area is 171 Å². The second kappa shape index (κ2) is 8.58. The Morgan fingerprint density at radius 3 is 2.53 bits per heavy atom. The number of nitrogens with zero attached hydrogens (tertiary/aromatic N) is 5. The molecular formula is C22H15N7O. The summed E-state index contributed by atoms with van der Waals surface area (Å²) in [4.78, 5) is 27.6. The molecule has 2 heterocycles. The van der Waals surface area contributed by atoms with Gasteiger partial charge in [0.15, 0.2) is 5.82 Å². The number of nitrogens with one attached hydrogen (secondary N) is 2. The molecule has 0 spiro atoms. The maximum Gasteiger partial charge on any atom is 0.270 e. The van der Waals surface area contributed by atoms with Crippen LogP contribution in [-0.4, -0.2) is 26.2 Å². The molecule has 0 aliphatic carbocycles. The zero-order valence-electron chi connectivity index (χ0n) is 15.6. The molecule has 0 saturated carbocycles. The van der Waals surface area contributed by atoms with E-state index in [1.54, 1.807) is 36.8 Å². The molecule has 8 nitrogen and oxygen atoms in total. The number of aromatic nitrogens is 4. The quantitative estimate of drug-likeness (QED) is 0.397. The minimum atomic E-state index is -0.535. The lowest BCUT2D eigenvalue weighted by atomic mass is 10.1. The van der Waals surface area contributed by atoms with Crippen LogP contribution in [0.1, 0.15) is 11.1 Å². The fourth-order valence-electron chi connectivity index (χ4n) is 2.81. The molecule has 0 bridgehead atoms. The van der Waals surface area contributed by atoms with Crippen LogP contribution in [0, 0.1) is 11.3 Å². The predicted octanol–water partition coefficient (Wildman–Crippen LogP) is 3.21. The van der Waals surface area contributed by atoms with Crippen molar-refractivity contribution in [3.63, 3.8) is 0 Å². The maximum atomic E-state index is 12.3. The van der Waals surface area contributed by atoms with Crippen LogP contribution in [0.3, 0.4) is 0 Å². The minimum Gasteiger partial charge on any atom is -0.290 e. The molecular weight excluding hydrogens is 378 g/mol. The first-order chi connectivity index (χ1) is 14.7. The van der Waals surface area contributed by atoms with Crippen molar-refractivity contribution in [2.24, 2.45) is 5.10 Å². The van der Waals surface area contributed by atoms with Gasteiger partial charge in [0.25, 0.3) is 5.56 Å². The third-order valence-corrected chi connectivity index (χ3v) is 4.17. The lowest BCUT2D eigenvalue weighted by Crippen LogP contribution is -2.16. The highest BCUT2D eigenvalue weighted by molar-refractivity contribution is 5.82. The van der Waals surface area contributed by atoms with Gasteiger partial charge in [-0.25, -0.2) is 20.4 Å². The molecule has 2 aromatic heterocycles. The predicted molar refractivity (Wildman–Crippen MR) is 114 cm³/mol. The molecule has 0 aliphatic heterocycles. The van der Waals surface area contributed by atoms with Gasteiger partial charge in [0.05, 0.1) is 11.9 Å². The molecule has 4 aromatic rings.